The predicted octanol–water partition coefficient (Wildman–Crippen LogP) is 9.41. The van der Waals surface area contributed by atoms with Crippen molar-refractivity contribution in [3.63, 3.8) is 0 Å². The molecule has 2 aliphatic rings. The summed E-state index contributed by atoms with van der Waals surface area (Å²) in [5.41, 5.74) is 0. The molecule has 5 atom stereocenters. The van der Waals surface area contributed by atoms with Crippen LogP contribution in [0.25, 0.3) is 0 Å². The van der Waals surface area contributed by atoms with Gasteiger partial charge in [-0.2, -0.15) is 0 Å². The summed E-state index contributed by atoms with van der Waals surface area (Å²) in [6.07, 6.45) is 21.0. The molecule has 0 amide bonds. The van der Waals surface area contributed by atoms with Crippen molar-refractivity contribution >= 4 is 20.3 Å². The van der Waals surface area contributed by atoms with E-state index in [2.05, 4.69) is 94.4 Å². The van der Waals surface area contributed by atoms with E-state index in [9.17, 15) is 9.59 Å². The summed E-state index contributed by atoms with van der Waals surface area (Å²) >= 11 is 0. The number of carbonyl (C=O) groups is 2. The maximum absolute atomic E-state index is 12.7. The van der Waals surface area contributed by atoms with Crippen LogP contribution in [0.1, 0.15) is 136 Å². The van der Waals surface area contributed by atoms with Crippen LogP contribution in [0.5, 0.6) is 0 Å². The van der Waals surface area contributed by atoms with Crippen molar-refractivity contribution in [3.05, 3.63) is 25.3 Å². The summed E-state index contributed by atoms with van der Waals surface area (Å²) in [5.74, 6) is 22.4. The summed E-state index contributed by atoms with van der Waals surface area (Å²) in [4.78, 5) is 25.2. The molecular weight excluding hydrogens is 681 g/mol. The van der Waals surface area contributed by atoms with E-state index in [1.807, 2.05) is 12.2 Å². The zero-order valence-electron chi connectivity index (χ0n) is 33.5. The van der Waals surface area contributed by atoms with E-state index in [0.717, 1.165) is 38.5 Å². The molecule has 2 heterocycles. The molecule has 292 valence electrons. The quantitative estimate of drug-likeness (QED) is 0.0218. The van der Waals surface area contributed by atoms with Gasteiger partial charge in [-0.1, -0.05) is 108 Å². The van der Waals surface area contributed by atoms with Gasteiger partial charge in [0.2, 0.25) is 0 Å². The smallest absolute Gasteiger partial charge is 0.307 e. The minimum absolute atomic E-state index is 0.0231. The Hall–Kier alpha value is -3.24. The van der Waals surface area contributed by atoms with E-state index in [4.69, 9.17) is 23.4 Å². The summed E-state index contributed by atoms with van der Waals surface area (Å²) in [6, 6.07) is 0. The normalized spacial score (nSPS) is 19.0. The first-order valence-corrected chi connectivity index (χ1v) is 22.9. The number of hydrogen-bond acceptors (Lipinski definition) is 7. The highest BCUT2D eigenvalue weighted by Crippen LogP contribution is 2.36. The van der Waals surface area contributed by atoms with Gasteiger partial charge in [0, 0.05) is 12.8 Å². The Labute approximate surface area is 323 Å². The molecule has 0 aliphatic carbocycles. The largest absolute Gasteiger partial charge is 0.462 e. The van der Waals surface area contributed by atoms with Crippen molar-refractivity contribution in [3.8, 4) is 47.4 Å². The molecule has 53 heavy (non-hydrogen) atoms. The zero-order chi connectivity index (χ0) is 38.8. The van der Waals surface area contributed by atoms with Gasteiger partial charge in [-0.3, -0.25) is 9.59 Å². The highest BCUT2D eigenvalue weighted by Gasteiger charge is 2.38. The van der Waals surface area contributed by atoms with Crippen molar-refractivity contribution in [2.75, 3.05) is 13.2 Å². The molecule has 0 aromatic rings. The van der Waals surface area contributed by atoms with Crippen molar-refractivity contribution in [1.82, 2.24) is 0 Å². The molecule has 0 aromatic heterocycles. The Morgan fingerprint density at radius 1 is 0.698 bits per heavy atom. The van der Waals surface area contributed by atoms with Gasteiger partial charge in [0.1, 0.15) is 18.8 Å². The molecule has 0 bridgehead atoms. The lowest BCUT2D eigenvalue weighted by molar-refractivity contribution is -0.161. The first-order valence-electron chi connectivity index (χ1n) is 20.0. The monoisotopic (exact) mass is 746 g/mol. The molecule has 7 nitrogen and oxygen atoms in total. The number of ether oxygens (including phenoxy) is 4. The standard InChI is InChI=1S/C45H66O7Si/c1-8-10-12-14-16-18-24-30-39-41(51-39)32-26-20-22-28-34-43(46)48-36-38(37-49-53(6,7)45(3,4)5)50-44(47)35-29-23-21-27-33-42-40(52-42)31-25-19-17-15-13-11-9-2/h8-9,38-42H,1-2,10-19,24-25,28-31,34-37H2,3-7H3/t38?,39-,40-,41-,42-/m0/s1. The summed E-state index contributed by atoms with van der Waals surface area (Å²) in [6.45, 7) is 18.3. The minimum Gasteiger partial charge on any atom is -0.462 e. The van der Waals surface area contributed by atoms with Gasteiger partial charge in [0.25, 0.3) is 0 Å². The maximum atomic E-state index is 12.7. The average Bonchev–Trinajstić information content (AvgIpc) is 4.04. The number of allylic oxidation sites excluding steroid dienone is 2. The van der Waals surface area contributed by atoms with Crippen LogP contribution in [0.3, 0.4) is 0 Å². The van der Waals surface area contributed by atoms with E-state index in [-0.39, 0.29) is 55.5 Å². The second kappa shape index (κ2) is 26.5. The number of carbonyl (C=O) groups excluding carboxylic acids is 2. The van der Waals surface area contributed by atoms with Gasteiger partial charge in [-0.05, 0) is 80.3 Å². The van der Waals surface area contributed by atoms with Crippen LogP contribution in [0, 0.1) is 47.4 Å². The molecule has 0 saturated carbocycles. The Kier molecular flexibility index (Phi) is 23.0. The van der Waals surface area contributed by atoms with Gasteiger partial charge in [-0.25, -0.2) is 0 Å². The van der Waals surface area contributed by atoms with Crippen LogP contribution in [0.2, 0.25) is 18.1 Å². The fourth-order valence-corrected chi connectivity index (χ4v) is 6.24. The van der Waals surface area contributed by atoms with Gasteiger partial charge in [0.15, 0.2) is 14.4 Å². The van der Waals surface area contributed by atoms with Gasteiger partial charge >= 0.3 is 11.9 Å². The first-order chi connectivity index (χ1) is 25.5. The molecule has 2 saturated heterocycles. The average molecular weight is 747 g/mol. The number of epoxide rings is 2. The fraction of sp³-hybridized carbons (Fsp3) is 0.689. The summed E-state index contributed by atoms with van der Waals surface area (Å²) in [7, 11) is -2.12. The van der Waals surface area contributed by atoms with Gasteiger partial charge in [0.05, 0.1) is 31.7 Å². The highest BCUT2D eigenvalue weighted by molar-refractivity contribution is 6.74. The second-order valence-corrected chi connectivity index (χ2v) is 20.3. The molecule has 2 rings (SSSR count). The van der Waals surface area contributed by atoms with Gasteiger partial charge < -0.3 is 23.4 Å². The molecule has 1 unspecified atom stereocenters. The van der Waals surface area contributed by atoms with Crippen molar-refractivity contribution in [2.24, 2.45) is 0 Å². The van der Waals surface area contributed by atoms with Crippen LogP contribution in [0.15, 0.2) is 25.3 Å². The molecule has 0 radical (unpaired) electrons. The Morgan fingerprint density at radius 3 is 1.66 bits per heavy atom. The predicted molar refractivity (Wildman–Crippen MR) is 216 cm³/mol. The fourth-order valence-electron chi connectivity index (χ4n) is 5.20. The van der Waals surface area contributed by atoms with E-state index in [1.165, 1.54) is 51.4 Å². The van der Waals surface area contributed by atoms with E-state index in [1.54, 1.807) is 0 Å². The van der Waals surface area contributed by atoms with Crippen molar-refractivity contribution in [2.45, 2.75) is 185 Å². The number of esters is 2. The lowest BCUT2D eigenvalue weighted by Gasteiger charge is -2.37. The van der Waals surface area contributed by atoms with Crippen LogP contribution in [0.4, 0.5) is 0 Å². The Morgan fingerprint density at radius 2 is 1.17 bits per heavy atom. The molecule has 8 heteroatoms. The van der Waals surface area contributed by atoms with Crippen LogP contribution in [-0.4, -0.2) is 64.0 Å². The van der Waals surface area contributed by atoms with E-state index < -0.39 is 26.4 Å². The molecular formula is C45H66O7Si. The third-order valence-electron chi connectivity index (χ3n) is 9.76. The lowest BCUT2D eigenvalue weighted by Crippen LogP contribution is -2.44. The number of hydrogen-bond donors (Lipinski definition) is 0. The van der Waals surface area contributed by atoms with E-state index in [0.29, 0.717) is 12.8 Å². The third kappa shape index (κ3) is 22.5. The molecule has 0 N–H and O–H groups in total. The van der Waals surface area contributed by atoms with Gasteiger partial charge in [-0.15, -0.1) is 13.2 Å². The third-order valence-corrected chi connectivity index (χ3v) is 14.3. The molecule has 0 aromatic carbocycles. The number of rotatable bonds is 26. The molecule has 2 aliphatic heterocycles. The van der Waals surface area contributed by atoms with Crippen LogP contribution < -0.4 is 0 Å². The highest BCUT2D eigenvalue weighted by atomic mass is 28.4. The molecule has 2 fully saturated rings. The van der Waals surface area contributed by atoms with E-state index >= 15 is 0 Å². The van der Waals surface area contributed by atoms with Crippen LogP contribution in [-0.2, 0) is 33.0 Å². The summed E-state index contributed by atoms with van der Waals surface area (Å²) in [5, 5.41) is -0.0231. The molecule has 0 spiro atoms. The SMILES string of the molecule is C=CCCCCCCC[C@@H]1O[C@H]1C#CC#CCCC(=O)OCC(CO[Si](C)(C)C(C)(C)C)OC(=O)CCC#CC#C[C@@H]1O[C@H]1CCCCCCCC=C. The second-order valence-electron chi connectivity index (χ2n) is 15.5. The van der Waals surface area contributed by atoms with Crippen molar-refractivity contribution < 1.29 is 33.0 Å². The topological polar surface area (TPSA) is 86.9 Å². The minimum atomic E-state index is -2.12. The van der Waals surface area contributed by atoms with Crippen molar-refractivity contribution in [1.29, 1.82) is 0 Å². The Balaban J connectivity index is 1.68. The number of unbranched alkanes of at least 4 members (excludes halogenated alkanes) is 10. The zero-order valence-corrected chi connectivity index (χ0v) is 34.5. The summed E-state index contributed by atoms with van der Waals surface area (Å²) < 4.78 is 28.7. The first kappa shape index (κ1) is 45.9. The lowest BCUT2D eigenvalue weighted by atomic mass is 10.1. The Bertz CT molecular complexity index is 1380. The van der Waals surface area contributed by atoms with Crippen LogP contribution >= 0.6 is 0 Å². The maximum Gasteiger partial charge on any atom is 0.307 e.